The second-order valence-corrected chi connectivity index (χ2v) is 4.21. The van der Waals surface area contributed by atoms with Gasteiger partial charge in [0.1, 0.15) is 0 Å². The quantitative estimate of drug-likeness (QED) is 0.820. The highest BCUT2D eigenvalue weighted by Gasteiger charge is 2.29. The Morgan fingerprint density at radius 1 is 1.50 bits per heavy atom. The molecule has 1 aromatic rings. The number of anilines is 1. The molecule has 2 amide bonds. The SMILES string of the molecule is CC1CNC(=O)N1c1ccccc1Br. The highest BCUT2D eigenvalue weighted by Crippen LogP contribution is 2.28. The molecule has 0 bridgehead atoms. The average Bonchev–Trinajstić information content (AvgIpc) is 2.48. The molecule has 14 heavy (non-hydrogen) atoms. The van der Waals surface area contributed by atoms with Gasteiger partial charge in [0.15, 0.2) is 0 Å². The molecule has 1 unspecified atom stereocenters. The van der Waals surface area contributed by atoms with Crippen molar-refractivity contribution in [3.05, 3.63) is 28.7 Å². The lowest BCUT2D eigenvalue weighted by atomic mass is 10.2. The second-order valence-electron chi connectivity index (χ2n) is 3.36. The van der Waals surface area contributed by atoms with Crippen LogP contribution in [-0.2, 0) is 0 Å². The van der Waals surface area contributed by atoms with Crippen LogP contribution in [0.3, 0.4) is 0 Å². The Labute approximate surface area is 91.2 Å². The first-order chi connectivity index (χ1) is 6.70. The lowest BCUT2D eigenvalue weighted by molar-refractivity contribution is 0.252. The number of halogens is 1. The minimum absolute atomic E-state index is 0.0237. The number of carbonyl (C=O) groups is 1. The Morgan fingerprint density at radius 2 is 2.21 bits per heavy atom. The Bertz CT molecular complexity index is 367. The minimum Gasteiger partial charge on any atom is -0.336 e. The van der Waals surface area contributed by atoms with E-state index in [-0.39, 0.29) is 12.1 Å². The van der Waals surface area contributed by atoms with Gasteiger partial charge in [0.25, 0.3) is 0 Å². The Morgan fingerprint density at radius 3 is 2.79 bits per heavy atom. The molecule has 1 aliphatic heterocycles. The maximum Gasteiger partial charge on any atom is 0.322 e. The largest absolute Gasteiger partial charge is 0.336 e. The molecule has 0 spiro atoms. The average molecular weight is 255 g/mol. The first-order valence-electron chi connectivity index (χ1n) is 4.52. The number of para-hydroxylation sites is 1. The molecule has 1 N–H and O–H groups in total. The van der Waals surface area contributed by atoms with E-state index in [4.69, 9.17) is 0 Å². The summed E-state index contributed by atoms with van der Waals surface area (Å²) in [4.78, 5) is 13.3. The number of nitrogens with one attached hydrogen (secondary N) is 1. The molecule has 0 aromatic heterocycles. The van der Waals surface area contributed by atoms with E-state index in [1.807, 2.05) is 31.2 Å². The molecule has 1 atom stereocenters. The predicted molar refractivity (Wildman–Crippen MR) is 59.5 cm³/mol. The minimum atomic E-state index is -0.0237. The molecule has 4 heteroatoms. The second kappa shape index (κ2) is 3.61. The van der Waals surface area contributed by atoms with Gasteiger partial charge in [-0.05, 0) is 35.0 Å². The molecule has 0 radical (unpaired) electrons. The molecular weight excluding hydrogens is 244 g/mol. The third kappa shape index (κ3) is 1.50. The zero-order valence-corrected chi connectivity index (χ0v) is 9.41. The van der Waals surface area contributed by atoms with E-state index in [1.54, 1.807) is 4.90 Å². The van der Waals surface area contributed by atoms with Crippen LogP contribution in [-0.4, -0.2) is 18.6 Å². The van der Waals surface area contributed by atoms with Gasteiger partial charge in [-0.1, -0.05) is 12.1 Å². The zero-order valence-electron chi connectivity index (χ0n) is 7.83. The van der Waals surface area contributed by atoms with E-state index in [0.717, 1.165) is 10.2 Å². The fraction of sp³-hybridized carbons (Fsp3) is 0.300. The van der Waals surface area contributed by atoms with Crippen molar-refractivity contribution in [1.82, 2.24) is 5.32 Å². The molecule has 2 rings (SSSR count). The van der Waals surface area contributed by atoms with Crippen molar-refractivity contribution in [1.29, 1.82) is 0 Å². The number of amides is 2. The molecule has 1 saturated heterocycles. The van der Waals surface area contributed by atoms with Crippen molar-refractivity contribution in [2.45, 2.75) is 13.0 Å². The van der Waals surface area contributed by atoms with Crippen LogP contribution in [0.2, 0.25) is 0 Å². The van der Waals surface area contributed by atoms with E-state index >= 15 is 0 Å². The van der Waals surface area contributed by atoms with Crippen LogP contribution < -0.4 is 10.2 Å². The van der Waals surface area contributed by atoms with Gasteiger partial charge in [-0.3, -0.25) is 4.90 Å². The topological polar surface area (TPSA) is 32.3 Å². The van der Waals surface area contributed by atoms with Gasteiger partial charge in [-0.2, -0.15) is 0 Å². The predicted octanol–water partition coefficient (Wildman–Crippen LogP) is 2.37. The summed E-state index contributed by atoms with van der Waals surface area (Å²) in [5.41, 5.74) is 0.926. The van der Waals surface area contributed by atoms with E-state index in [2.05, 4.69) is 21.2 Å². The molecular formula is C10H11BrN2O. The number of benzene rings is 1. The molecule has 0 aliphatic carbocycles. The van der Waals surface area contributed by atoms with Crippen LogP contribution >= 0.6 is 15.9 Å². The van der Waals surface area contributed by atoms with Crippen LogP contribution in [0.15, 0.2) is 28.7 Å². The Balaban J connectivity index is 2.39. The van der Waals surface area contributed by atoms with E-state index < -0.39 is 0 Å². The van der Waals surface area contributed by atoms with Crippen LogP contribution in [0, 0.1) is 0 Å². The van der Waals surface area contributed by atoms with E-state index in [1.165, 1.54) is 0 Å². The normalized spacial score (nSPS) is 21.1. The fourth-order valence-corrected chi connectivity index (χ4v) is 2.08. The van der Waals surface area contributed by atoms with E-state index in [0.29, 0.717) is 6.54 Å². The number of hydrogen-bond acceptors (Lipinski definition) is 1. The summed E-state index contributed by atoms with van der Waals surface area (Å²) >= 11 is 3.44. The van der Waals surface area contributed by atoms with Gasteiger partial charge in [-0.15, -0.1) is 0 Å². The van der Waals surface area contributed by atoms with Crippen molar-refractivity contribution in [3.63, 3.8) is 0 Å². The smallest absolute Gasteiger partial charge is 0.322 e. The highest BCUT2D eigenvalue weighted by atomic mass is 79.9. The van der Waals surface area contributed by atoms with Crippen molar-refractivity contribution >= 4 is 27.6 Å². The van der Waals surface area contributed by atoms with E-state index in [9.17, 15) is 4.79 Å². The fourth-order valence-electron chi connectivity index (χ4n) is 1.61. The summed E-state index contributed by atoms with van der Waals surface area (Å²) in [7, 11) is 0. The van der Waals surface area contributed by atoms with Crippen LogP contribution in [0.25, 0.3) is 0 Å². The first-order valence-corrected chi connectivity index (χ1v) is 5.31. The number of urea groups is 1. The molecule has 1 aromatic carbocycles. The van der Waals surface area contributed by atoms with Crippen LogP contribution in [0.4, 0.5) is 10.5 Å². The molecule has 3 nitrogen and oxygen atoms in total. The van der Waals surface area contributed by atoms with Gasteiger partial charge in [0, 0.05) is 11.0 Å². The van der Waals surface area contributed by atoms with Crippen LogP contribution in [0.1, 0.15) is 6.92 Å². The number of rotatable bonds is 1. The van der Waals surface area contributed by atoms with Crippen LogP contribution in [0.5, 0.6) is 0 Å². The summed E-state index contributed by atoms with van der Waals surface area (Å²) in [6, 6.07) is 7.93. The van der Waals surface area contributed by atoms with Crippen molar-refractivity contribution < 1.29 is 4.79 Å². The van der Waals surface area contributed by atoms with Gasteiger partial charge in [0.05, 0.1) is 11.7 Å². The van der Waals surface area contributed by atoms with Gasteiger partial charge < -0.3 is 5.32 Å². The molecule has 1 aliphatic rings. The molecule has 1 heterocycles. The summed E-state index contributed by atoms with van der Waals surface area (Å²) in [6.07, 6.45) is 0. The van der Waals surface area contributed by atoms with Crippen molar-refractivity contribution in [3.8, 4) is 0 Å². The summed E-state index contributed by atoms with van der Waals surface area (Å²) in [5.74, 6) is 0. The number of hydrogen-bond donors (Lipinski definition) is 1. The summed E-state index contributed by atoms with van der Waals surface area (Å²) in [6.45, 7) is 2.73. The number of nitrogens with zero attached hydrogens (tertiary/aromatic N) is 1. The van der Waals surface area contributed by atoms with Gasteiger partial charge >= 0.3 is 6.03 Å². The molecule has 74 valence electrons. The standard InChI is InChI=1S/C10H11BrN2O/c1-7-6-12-10(14)13(7)9-5-3-2-4-8(9)11/h2-5,7H,6H2,1H3,(H,12,14). The Hall–Kier alpha value is -1.03. The zero-order chi connectivity index (χ0) is 10.1. The maximum atomic E-state index is 11.5. The summed E-state index contributed by atoms with van der Waals surface area (Å²) in [5, 5.41) is 2.81. The third-order valence-corrected chi connectivity index (χ3v) is 2.99. The Kier molecular flexibility index (Phi) is 2.46. The number of carbonyl (C=O) groups excluding carboxylic acids is 1. The first kappa shape index (κ1) is 9.52. The maximum absolute atomic E-state index is 11.5. The molecule has 0 saturated carbocycles. The van der Waals surface area contributed by atoms with Crippen molar-refractivity contribution in [2.24, 2.45) is 0 Å². The van der Waals surface area contributed by atoms with Crippen molar-refractivity contribution in [2.75, 3.05) is 11.4 Å². The van der Waals surface area contributed by atoms with Gasteiger partial charge in [-0.25, -0.2) is 4.79 Å². The lowest BCUT2D eigenvalue weighted by Crippen LogP contribution is -2.32. The third-order valence-electron chi connectivity index (χ3n) is 2.32. The highest BCUT2D eigenvalue weighted by molar-refractivity contribution is 9.10. The monoisotopic (exact) mass is 254 g/mol. The summed E-state index contributed by atoms with van der Waals surface area (Å²) < 4.78 is 0.948. The lowest BCUT2D eigenvalue weighted by Gasteiger charge is -2.20. The van der Waals surface area contributed by atoms with Gasteiger partial charge in [0.2, 0.25) is 0 Å². The molecule has 1 fully saturated rings.